The van der Waals surface area contributed by atoms with Gasteiger partial charge in [-0.05, 0) is 57.1 Å². The Bertz CT molecular complexity index is 599. The smallest absolute Gasteiger partial charge is 0.246 e. The molecule has 1 atom stereocenters. The van der Waals surface area contributed by atoms with Gasteiger partial charge >= 0.3 is 0 Å². The first kappa shape index (κ1) is 17.2. The molecule has 6 heteroatoms. The maximum absolute atomic E-state index is 12.6. The van der Waals surface area contributed by atoms with Gasteiger partial charge in [0.25, 0.3) is 0 Å². The standard InChI is InChI=1S/C18H24ClN3O2/c1-14-11-22(16-7-5-15(19)6-8-16)18(24)13-21(14)17(23)12-20-9-3-2-4-10-20/h5-8,14H,2-4,9-13H2,1H3/t14-/m0/s1. The number of hydrogen-bond donors (Lipinski definition) is 0. The molecular formula is C18H24ClN3O2. The molecule has 0 N–H and O–H groups in total. The van der Waals surface area contributed by atoms with Gasteiger partial charge in [-0.15, -0.1) is 0 Å². The maximum Gasteiger partial charge on any atom is 0.246 e. The number of carbonyl (C=O) groups excluding carboxylic acids is 2. The zero-order chi connectivity index (χ0) is 17.1. The molecule has 1 aromatic carbocycles. The average molecular weight is 350 g/mol. The van der Waals surface area contributed by atoms with E-state index in [2.05, 4.69) is 4.90 Å². The molecule has 0 aliphatic carbocycles. The normalized spacial score (nSPS) is 22.8. The third-order valence-electron chi connectivity index (χ3n) is 4.85. The van der Waals surface area contributed by atoms with Crippen molar-refractivity contribution in [1.29, 1.82) is 0 Å². The molecule has 5 nitrogen and oxygen atoms in total. The number of anilines is 1. The van der Waals surface area contributed by atoms with Gasteiger partial charge in [-0.25, -0.2) is 0 Å². The highest BCUT2D eigenvalue weighted by molar-refractivity contribution is 6.30. The zero-order valence-electron chi connectivity index (χ0n) is 14.1. The van der Waals surface area contributed by atoms with Crippen LogP contribution in [0.15, 0.2) is 24.3 Å². The van der Waals surface area contributed by atoms with Crippen LogP contribution in [0, 0.1) is 0 Å². The van der Waals surface area contributed by atoms with Crippen molar-refractivity contribution in [2.75, 3.05) is 37.6 Å². The molecule has 2 aliphatic rings. The largest absolute Gasteiger partial charge is 0.328 e. The van der Waals surface area contributed by atoms with Crippen molar-refractivity contribution in [3.05, 3.63) is 29.3 Å². The summed E-state index contributed by atoms with van der Waals surface area (Å²) < 4.78 is 0. The Morgan fingerprint density at radius 3 is 2.50 bits per heavy atom. The van der Waals surface area contributed by atoms with E-state index in [-0.39, 0.29) is 24.4 Å². The summed E-state index contributed by atoms with van der Waals surface area (Å²) in [7, 11) is 0. The minimum Gasteiger partial charge on any atom is -0.328 e. The van der Waals surface area contributed by atoms with E-state index in [0.29, 0.717) is 18.1 Å². The fourth-order valence-corrected chi connectivity index (χ4v) is 3.58. The Kier molecular flexibility index (Phi) is 5.41. The van der Waals surface area contributed by atoms with E-state index in [4.69, 9.17) is 11.6 Å². The topological polar surface area (TPSA) is 43.9 Å². The molecule has 130 valence electrons. The Morgan fingerprint density at radius 2 is 1.83 bits per heavy atom. The van der Waals surface area contributed by atoms with Crippen molar-refractivity contribution in [3.8, 4) is 0 Å². The fraction of sp³-hybridized carbons (Fsp3) is 0.556. The summed E-state index contributed by atoms with van der Waals surface area (Å²) in [5.74, 6) is 0.0240. The molecule has 2 aliphatic heterocycles. The van der Waals surface area contributed by atoms with Gasteiger partial charge in [0.15, 0.2) is 0 Å². The number of nitrogens with zero attached hydrogens (tertiary/aromatic N) is 3. The lowest BCUT2D eigenvalue weighted by atomic mass is 10.1. The molecule has 0 aromatic heterocycles. The number of amides is 2. The number of benzene rings is 1. The second-order valence-electron chi connectivity index (χ2n) is 6.69. The van der Waals surface area contributed by atoms with Crippen LogP contribution in [0.25, 0.3) is 0 Å². The molecule has 24 heavy (non-hydrogen) atoms. The molecule has 2 saturated heterocycles. The summed E-state index contributed by atoms with van der Waals surface area (Å²) >= 11 is 5.91. The Balaban J connectivity index is 1.63. The third-order valence-corrected chi connectivity index (χ3v) is 5.10. The molecule has 0 unspecified atom stereocenters. The third kappa shape index (κ3) is 3.90. The summed E-state index contributed by atoms with van der Waals surface area (Å²) in [4.78, 5) is 30.8. The maximum atomic E-state index is 12.6. The summed E-state index contributed by atoms with van der Waals surface area (Å²) in [5.41, 5.74) is 0.833. The quantitative estimate of drug-likeness (QED) is 0.841. The van der Waals surface area contributed by atoms with Gasteiger partial charge in [-0.1, -0.05) is 18.0 Å². The van der Waals surface area contributed by atoms with Gasteiger partial charge in [0.2, 0.25) is 11.8 Å². The zero-order valence-corrected chi connectivity index (χ0v) is 14.8. The van der Waals surface area contributed by atoms with Gasteiger partial charge < -0.3 is 9.80 Å². The SMILES string of the molecule is C[C@H]1CN(c2ccc(Cl)cc2)C(=O)CN1C(=O)CN1CCCCC1. The molecular weight excluding hydrogens is 326 g/mol. The monoisotopic (exact) mass is 349 g/mol. The van der Waals surface area contributed by atoms with Crippen LogP contribution in [-0.4, -0.2) is 60.4 Å². The van der Waals surface area contributed by atoms with Crippen molar-refractivity contribution >= 4 is 29.1 Å². The van der Waals surface area contributed by atoms with Crippen molar-refractivity contribution in [3.63, 3.8) is 0 Å². The first-order valence-corrected chi connectivity index (χ1v) is 9.00. The summed E-state index contributed by atoms with van der Waals surface area (Å²) in [6, 6.07) is 7.26. The van der Waals surface area contributed by atoms with Crippen molar-refractivity contribution in [1.82, 2.24) is 9.80 Å². The Labute approximate surface area is 148 Å². The molecule has 1 aromatic rings. The number of halogens is 1. The molecule has 3 rings (SSSR count). The molecule has 0 radical (unpaired) electrons. The van der Waals surface area contributed by atoms with Crippen LogP contribution < -0.4 is 4.90 Å². The van der Waals surface area contributed by atoms with Crippen LogP contribution in [0.1, 0.15) is 26.2 Å². The highest BCUT2D eigenvalue weighted by atomic mass is 35.5. The van der Waals surface area contributed by atoms with E-state index in [1.165, 1.54) is 6.42 Å². The lowest BCUT2D eigenvalue weighted by molar-refractivity contribution is -0.140. The second kappa shape index (κ2) is 7.53. The van der Waals surface area contributed by atoms with Crippen LogP contribution in [-0.2, 0) is 9.59 Å². The number of rotatable bonds is 3. The molecule has 0 bridgehead atoms. The van der Waals surface area contributed by atoms with Gasteiger partial charge in [0.1, 0.15) is 6.54 Å². The number of likely N-dealkylation sites (tertiary alicyclic amines) is 1. The summed E-state index contributed by atoms with van der Waals surface area (Å²) in [6.45, 7) is 5.07. The summed E-state index contributed by atoms with van der Waals surface area (Å²) in [5, 5.41) is 0.648. The fourth-order valence-electron chi connectivity index (χ4n) is 3.46. The van der Waals surface area contributed by atoms with E-state index < -0.39 is 0 Å². The van der Waals surface area contributed by atoms with Crippen LogP contribution in [0.5, 0.6) is 0 Å². The van der Waals surface area contributed by atoms with E-state index in [1.807, 2.05) is 19.1 Å². The first-order valence-electron chi connectivity index (χ1n) is 8.62. The molecule has 0 spiro atoms. The van der Waals surface area contributed by atoms with Crippen LogP contribution in [0.2, 0.25) is 5.02 Å². The van der Waals surface area contributed by atoms with Gasteiger partial charge in [0.05, 0.1) is 6.54 Å². The average Bonchev–Trinajstić information content (AvgIpc) is 2.58. The number of piperazine rings is 1. The van der Waals surface area contributed by atoms with E-state index in [9.17, 15) is 9.59 Å². The van der Waals surface area contributed by atoms with Crippen LogP contribution in [0.3, 0.4) is 0 Å². The van der Waals surface area contributed by atoms with Crippen LogP contribution >= 0.6 is 11.6 Å². The Morgan fingerprint density at radius 1 is 1.17 bits per heavy atom. The first-order chi connectivity index (χ1) is 11.5. The highest BCUT2D eigenvalue weighted by Gasteiger charge is 2.33. The molecule has 2 heterocycles. The lowest BCUT2D eigenvalue weighted by Gasteiger charge is -2.40. The van der Waals surface area contributed by atoms with Gasteiger partial charge in [0, 0.05) is 23.3 Å². The second-order valence-corrected chi connectivity index (χ2v) is 7.12. The molecule has 0 saturated carbocycles. The lowest BCUT2D eigenvalue weighted by Crippen LogP contribution is -2.58. The highest BCUT2D eigenvalue weighted by Crippen LogP contribution is 2.22. The van der Waals surface area contributed by atoms with Crippen LogP contribution in [0.4, 0.5) is 5.69 Å². The Hall–Kier alpha value is -1.59. The predicted molar refractivity (Wildman–Crippen MR) is 95.3 cm³/mol. The van der Waals surface area contributed by atoms with Crippen molar-refractivity contribution in [2.24, 2.45) is 0 Å². The number of carbonyl (C=O) groups is 2. The van der Waals surface area contributed by atoms with E-state index in [0.717, 1.165) is 31.6 Å². The van der Waals surface area contributed by atoms with Gasteiger partial charge in [-0.3, -0.25) is 14.5 Å². The predicted octanol–water partition coefficient (Wildman–Crippen LogP) is 2.39. The van der Waals surface area contributed by atoms with E-state index in [1.54, 1.807) is 21.9 Å². The minimum atomic E-state index is -0.0394. The summed E-state index contributed by atoms with van der Waals surface area (Å²) in [6.07, 6.45) is 3.57. The molecule has 2 amide bonds. The van der Waals surface area contributed by atoms with E-state index >= 15 is 0 Å². The minimum absolute atomic E-state index is 0.00988. The number of hydrogen-bond acceptors (Lipinski definition) is 3. The van der Waals surface area contributed by atoms with Gasteiger partial charge in [-0.2, -0.15) is 0 Å². The number of piperidine rings is 1. The molecule has 2 fully saturated rings. The van der Waals surface area contributed by atoms with Crippen molar-refractivity contribution < 1.29 is 9.59 Å². The van der Waals surface area contributed by atoms with Crippen molar-refractivity contribution in [2.45, 2.75) is 32.2 Å².